The second-order valence-corrected chi connectivity index (χ2v) is 14.1. The Morgan fingerprint density at radius 2 is 1.95 bits per heavy atom. The molecule has 0 unspecified atom stereocenters. The molecule has 0 aliphatic carbocycles. The first-order chi connectivity index (χ1) is 18.6. The van der Waals surface area contributed by atoms with Crippen LogP contribution in [0.1, 0.15) is 19.3 Å². The molecule has 15 heteroatoms. The Labute approximate surface area is 231 Å². The Morgan fingerprint density at radius 3 is 2.72 bits per heavy atom. The number of hydrogen-bond donors (Lipinski definition) is 3. The zero-order valence-electron chi connectivity index (χ0n) is 21.3. The Balaban J connectivity index is 1.10. The maximum absolute atomic E-state index is 13.3. The second-order valence-electron chi connectivity index (χ2n) is 9.74. The number of ether oxygens (including phenoxy) is 2. The number of sulfonamides is 2. The highest BCUT2D eigenvalue weighted by Crippen LogP contribution is 2.38. The van der Waals surface area contributed by atoms with Crippen molar-refractivity contribution in [2.75, 3.05) is 39.9 Å². The fourth-order valence-electron chi connectivity index (χ4n) is 4.99. The van der Waals surface area contributed by atoms with Crippen LogP contribution in [0.3, 0.4) is 0 Å². The standard InChI is InChI=1S/C24H31N5O7S3/c1-25-38(31,32)20-5-2-4-19(12-20)35-16-18(30)14-26-17-13-24(36-15-17)8-10-29(11-9-24)39(33,34)22-7-3-6-21-23(22)28-37-27-21/h2-7,12,17-18,25-26,30H,8-11,13-16H2,1H3/t17-,18+/m1/s1. The number of nitrogens with zero attached hydrogens (tertiary/aromatic N) is 3. The zero-order chi connectivity index (χ0) is 27.7. The van der Waals surface area contributed by atoms with Gasteiger partial charge < -0.3 is 19.9 Å². The molecule has 2 fully saturated rings. The lowest BCUT2D eigenvalue weighted by Crippen LogP contribution is -2.47. The van der Waals surface area contributed by atoms with Gasteiger partial charge in [0.25, 0.3) is 0 Å². The number of piperidine rings is 1. The van der Waals surface area contributed by atoms with E-state index in [1.807, 2.05) is 0 Å². The summed E-state index contributed by atoms with van der Waals surface area (Å²) in [7, 11) is -5.95. The number of rotatable bonds is 10. The minimum atomic E-state index is -3.70. The van der Waals surface area contributed by atoms with Crippen molar-refractivity contribution in [3.63, 3.8) is 0 Å². The Bertz CT molecular complexity index is 1520. The van der Waals surface area contributed by atoms with Gasteiger partial charge in [0.15, 0.2) is 0 Å². The van der Waals surface area contributed by atoms with Crippen LogP contribution in [0.15, 0.2) is 52.3 Å². The molecule has 2 aromatic carbocycles. The van der Waals surface area contributed by atoms with Crippen LogP contribution in [0.25, 0.3) is 11.0 Å². The summed E-state index contributed by atoms with van der Waals surface area (Å²) in [6.45, 7) is 1.42. The molecule has 0 bridgehead atoms. The zero-order valence-corrected chi connectivity index (χ0v) is 23.8. The number of fused-ring (bicyclic) bond motifs is 1. The molecule has 3 aromatic rings. The molecule has 5 rings (SSSR count). The first kappa shape index (κ1) is 28.3. The van der Waals surface area contributed by atoms with E-state index in [2.05, 4.69) is 18.8 Å². The minimum Gasteiger partial charge on any atom is -0.491 e. The number of aliphatic hydroxyl groups excluding tert-OH is 1. The highest BCUT2D eigenvalue weighted by molar-refractivity contribution is 7.89. The SMILES string of the molecule is CNS(=O)(=O)c1cccc(OC[C@@H](O)CN[C@H]2COC3(CCN(S(=O)(=O)c4cccc5nsnc45)CC3)C2)c1. The average Bonchev–Trinajstić information content (AvgIpc) is 3.58. The van der Waals surface area contributed by atoms with Crippen molar-refractivity contribution in [1.29, 1.82) is 0 Å². The van der Waals surface area contributed by atoms with E-state index in [1.54, 1.807) is 30.3 Å². The quantitative estimate of drug-likeness (QED) is 0.307. The fourth-order valence-corrected chi connectivity index (χ4v) is 7.95. The van der Waals surface area contributed by atoms with Gasteiger partial charge in [0.2, 0.25) is 20.0 Å². The number of aliphatic hydroxyl groups is 1. The van der Waals surface area contributed by atoms with E-state index in [9.17, 15) is 21.9 Å². The smallest absolute Gasteiger partial charge is 0.245 e. The number of aromatic nitrogens is 2. The maximum atomic E-state index is 13.3. The largest absolute Gasteiger partial charge is 0.491 e. The van der Waals surface area contributed by atoms with Gasteiger partial charge in [-0.15, -0.1) is 0 Å². The number of nitrogens with one attached hydrogen (secondary N) is 2. The molecule has 39 heavy (non-hydrogen) atoms. The summed E-state index contributed by atoms with van der Waals surface area (Å²) in [5, 5.41) is 13.7. The Hall–Kier alpha value is -2.24. The van der Waals surface area contributed by atoms with E-state index in [1.165, 1.54) is 23.5 Å². The lowest BCUT2D eigenvalue weighted by atomic mass is 9.88. The summed E-state index contributed by atoms with van der Waals surface area (Å²) >= 11 is 0.996. The highest BCUT2D eigenvalue weighted by Gasteiger charge is 2.45. The van der Waals surface area contributed by atoms with Crippen molar-refractivity contribution < 1.29 is 31.4 Å². The average molecular weight is 598 g/mol. The van der Waals surface area contributed by atoms with Crippen molar-refractivity contribution in [1.82, 2.24) is 23.1 Å². The van der Waals surface area contributed by atoms with Crippen LogP contribution < -0.4 is 14.8 Å². The van der Waals surface area contributed by atoms with E-state index in [-0.39, 0.29) is 29.0 Å². The molecule has 0 amide bonds. The topological polar surface area (TPSA) is 160 Å². The Morgan fingerprint density at radius 1 is 1.18 bits per heavy atom. The molecule has 12 nitrogen and oxygen atoms in total. The van der Waals surface area contributed by atoms with Crippen molar-refractivity contribution in [2.24, 2.45) is 0 Å². The first-order valence-corrected chi connectivity index (χ1v) is 16.2. The lowest BCUT2D eigenvalue weighted by Gasteiger charge is -2.38. The van der Waals surface area contributed by atoms with Crippen LogP contribution in [-0.4, -0.2) is 92.6 Å². The van der Waals surface area contributed by atoms with Gasteiger partial charge >= 0.3 is 0 Å². The third-order valence-electron chi connectivity index (χ3n) is 7.18. The summed E-state index contributed by atoms with van der Waals surface area (Å²) in [5.74, 6) is 0.345. The van der Waals surface area contributed by atoms with Crippen LogP contribution in [-0.2, 0) is 24.8 Å². The molecule has 212 valence electrons. The molecule has 1 aromatic heterocycles. The van der Waals surface area contributed by atoms with Gasteiger partial charge in [0.05, 0.1) is 28.8 Å². The number of hydrogen-bond acceptors (Lipinski definition) is 11. The normalized spacial score (nSPS) is 20.9. The van der Waals surface area contributed by atoms with Gasteiger partial charge in [-0.1, -0.05) is 12.1 Å². The van der Waals surface area contributed by atoms with Crippen LogP contribution in [0.4, 0.5) is 0 Å². The molecule has 3 N–H and O–H groups in total. The van der Waals surface area contributed by atoms with E-state index in [4.69, 9.17) is 9.47 Å². The van der Waals surface area contributed by atoms with Gasteiger partial charge in [-0.25, -0.2) is 21.6 Å². The van der Waals surface area contributed by atoms with E-state index in [0.717, 1.165) is 11.7 Å². The van der Waals surface area contributed by atoms with E-state index < -0.39 is 31.8 Å². The Kier molecular flexibility index (Phi) is 8.22. The van der Waals surface area contributed by atoms with Gasteiger partial charge in [-0.05, 0) is 50.6 Å². The third kappa shape index (κ3) is 6.10. The molecular weight excluding hydrogens is 566 g/mol. The van der Waals surface area contributed by atoms with Crippen molar-refractivity contribution in [3.8, 4) is 5.75 Å². The van der Waals surface area contributed by atoms with Crippen LogP contribution in [0, 0.1) is 0 Å². The van der Waals surface area contributed by atoms with Crippen LogP contribution in [0.2, 0.25) is 0 Å². The summed E-state index contributed by atoms with van der Waals surface area (Å²) < 4.78 is 74.4. The molecular formula is C24H31N5O7S3. The van der Waals surface area contributed by atoms with Crippen molar-refractivity contribution in [3.05, 3.63) is 42.5 Å². The third-order valence-corrected chi connectivity index (χ3v) is 11.1. The molecule has 2 saturated heterocycles. The maximum Gasteiger partial charge on any atom is 0.245 e. The molecule has 1 spiro atoms. The predicted molar refractivity (Wildman–Crippen MR) is 145 cm³/mol. The van der Waals surface area contributed by atoms with Crippen LogP contribution >= 0.6 is 11.7 Å². The van der Waals surface area contributed by atoms with Gasteiger partial charge in [-0.2, -0.15) is 13.1 Å². The van der Waals surface area contributed by atoms with Crippen molar-refractivity contribution in [2.45, 2.75) is 46.8 Å². The summed E-state index contributed by atoms with van der Waals surface area (Å²) in [6, 6.07) is 11.1. The first-order valence-electron chi connectivity index (χ1n) is 12.6. The molecule has 2 aliphatic rings. The summed E-state index contributed by atoms with van der Waals surface area (Å²) in [6.07, 6.45) is 1.05. The van der Waals surface area contributed by atoms with Crippen LogP contribution in [0.5, 0.6) is 5.75 Å². The lowest BCUT2D eigenvalue weighted by molar-refractivity contribution is -0.0312. The molecule has 0 saturated carbocycles. The van der Waals surface area contributed by atoms with Gasteiger partial charge in [-0.3, -0.25) is 0 Å². The summed E-state index contributed by atoms with van der Waals surface area (Å²) in [4.78, 5) is 0.266. The minimum absolute atomic E-state index is 0.0111. The van der Waals surface area contributed by atoms with Gasteiger partial charge in [0, 0.05) is 31.7 Å². The fraction of sp³-hybridized carbons (Fsp3) is 0.500. The van der Waals surface area contributed by atoms with E-state index >= 15 is 0 Å². The van der Waals surface area contributed by atoms with Gasteiger partial charge in [0.1, 0.15) is 34.4 Å². The number of benzene rings is 2. The predicted octanol–water partition coefficient (Wildman–Crippen LogP) is 0.941. The monoisotopic (exact) mass is 597 g/mol. The highest BCUT2D eigenvalue weighted by atomic mass is 32.2. The molecule has 2 aliphatic heterocycles. The molecule has 0 radical (unpaired) electrons. The van der Waals surface area contributed by atoms with E-state index in [0.29, 0.717) is 55.7 Å². The van der Waals surface area contributed by atoms with Crippen molar-refractivity contribution >= 4 is 42.8 Å². The second kappa shape index (κ2) is 11.3. The summed E-state index contributed by atoms with van der Waals surface area (Å²) in [5.41, 5.74) is 0.575. The molecule has 2 atom stereocenters. The molecule has 3 heterocycles.